The van der Waals surface area contributed by atoms with Gasteiger partial charge in [-0.3, -0.25) is 9.59 Å². The minimum absolute atomic E-state index is 0.138. The third kappa shape index (κ3) is 2.00. The molecule has 0 aliphatic carbocycles. The molecule has 4 heterocycles. The van der Waals surface area contributed by atoms with E-state index in [0.717, 1.165) is 16.6 Å². The predicted molar refractivity (Wildman–Crippen MR) is 91.2 cm³/mol. The molecule has 3 aliphatic rings. The number of phenols is 1. The molecule has 0 fully saturated rings. The zero-order chi connectivity index (χ0) is 17.9. The van der Waals surface area contributed by atoms with Crippen LogP contribution in [0.5, 0.6) is 5.75 Å². The monoisotopic (exact) mass is 335 g/mol. The smallest absolute Gasteiger partial charge is 0.336 e. The standard InChI is InChI=1S/C11H10O3.C8H3NO2/c1-6-5-10(13)14-11-7(2)9(12)4-3-8(6)11;10-7-4-2-1-3-5-6(4)8(11)9(5)7/h3-5,12H,1-2H3;1-3H. The van der Waals surface area contributed by atoms with Gasteiger partial charge in [0.25, 0.3) is 11.8 Å². The zero-order valence-corrected chi connectivity index (χ0v) is 13.5. The molecule has 0 radical (unpaired) electrons. The van der Waals surface area contributed by atoms with E-state index in [-0.39, 0.29) is 23.2 Å². The lowest BCUT2D eigenvalue weighted by Crippen LogP contribution is -2.35. The topological polar surface area (TPSA) is 87.8 Å². The maximum Gasteiger partial charge on any atom is 0.336 e. The van der Waals surface area contributed by atoms with Crippen molar-refractivity contribution in [3.05, 3.63) is 69.1 Å². The van der Waals surface area contributed by atoms with E-state index in [1.165, 1.54) is 11.0 Å². The highest BCUT2D eigenvalue weighted by molar-refractivity contribution is 6.44. The molecule has 3 aromatic rings. The molecule has 4 bridgehead atoms. The van der Waals surface area contributed by atoms with E-state index in [4.69, 9.17) is 4.42 Å². The molecule has 0 saturated heterocycles. The van der Waals surface area contributed by atoms with Crippen LogP contribution in [-0.4, -0.2) is 16.9 Å². The Morgan fingerprint density at radius 1 is 1.00 bits per heavy atom. The Morgan fingerprint density at radius 2 is 1.76 bits per heavy atom. The van der Waals surface area contributed by atoms with E-state index in [2.05, 4.69) is 0 Å². The van der Waals surface area contributed by atoms with Crippen LogP contribution >= 0.6 is 0 Å². The summed E-state index contributed by atoms with van der Waals surface area (Å²) in [6.07, 6.45) is 0. The highest BCUT2D eigenvalue weighted by atomic mass is 16.4. The first kappa shape index (κ1) is 15.1. The van der Waals surface area contributed by atoms with Gasteiger partial charge in [-0.15, -0.1) is 0 Å². The number of rotatable bonds is 0. The molecule has 2 amide bonds. The maximum atomic E-state index is 11.2. The summed E-state index contributed by atoms with van der Waals surface area (Å²) in [4.78, 5) is 34.5. The largest absolute Gasteiger partial charge is 0.508 e. The fraction of sp³-hybridized carbons (Fsp3) is 0.105. The van der Waals surface area contributed by atoms with E-state index in [9.17, 15) is 19.5 Å². The average molecular weight is 335 g/mol. The van der Waals surface area contributed by atoms with Crippen molar-refractivity contribution in [2.24, 2.45) is 0 Å². The van der Waals surface area contributed by atoms with Crippen LogP contribution in [0.15, 0.2) is 45.6 Å². The van der Waals surface area contributed by atoms with Gasteiger partial charge in [-0.2, -0.15) is 0 Å². The first-order chi connectivity index (χ1) is 11.9. The number of hydrogen-bond donors (Lipinski definition) is 1. The summed E-state index contributed by atoms with van der Waals surface area (Å²) in [7, 11) is 0. The van der Waals surface area contributed by atoms with Gasteiger partial charge in [0, 0.05) is 17.0 Å². The molecule has 25 heavy (non-hydrogen) atoms. The number of carbonyl (C=O) groups excluding carboxylic acids is 2. The molecule has 0 saturated carbocycles. The van der Waals surface area contributed by atoms with Crippen LogP contribution in [0.25, 0.3) is 11.0 Å². The number of aryl methyl sites for hydroxylation is 2. The third-order valence-corrected chi connectivity index (χ3v) is 4.47. The second kappa shape index (κ2) is 5.04. The fourth-order valence-electron chi connectivity index (χ4n) is 3.13. The van der Waals surface area contributed by atoms with Crippen LogP contribution in [0.1, 0.15) is 31.8 Å². The van der Waals surface area contributed by atoms with Crippen LogP contribution in [0.3, 0.4) is 0 Å². The fourth-order valence-corrected chi connectivity index (χ4v) is 3.13. The number of anilines is 1. The molecule has 0 atom stereocenters. The first-order valence-electron chi connectivity index (χ1n) is 7.65. The Bertz CT molecular complexity index is 1140. The molecule has 6 rings (SSSR count). The van der Waals surface area contributed by atoms with Gasteiger partial charge in [-0.25, -0.2) is 9.69 Å². The van der Waals surface area contributed by atoms with Gasteiger partial charge >= 0.3 is 5.63 Å². The molecule has 124 valence electrons. The summed E-state index contributed by atoms with van der Waals surface area (Å²) in [6.45, 7) is 3.57. The molecule has 0 spiro atoms. The van der Waals surface area contributed by atoms with E-state index in [0.29, 0.717) is 22.3 Å². The molecule has 6 heteroatoms. The lowest BCUT2D eigenvalue weighted by Gasteiger charge is -2.20. The van der Waals surface area contributed by atoms with E-state index >= 15 is 0 Å². The van der Waals surface area contributed by atoms with Gasteiger partial charge in [0.1, 0.15) is 11.3 Å². The van der Waals surface area contributed by atoms with Gasteiger partial charge < -0.3 is 9.52 Å². The van der Waals surface area contributed by atoms with Crippen molar-refractivity contribution in [1.82, 2.24) is 0 Å². The molecule has 1 N–H and O–H groups in total. The summed E-state index contributed by atoms with van der Waals surface area (Å²) in [5, 5.41) is 10.3. The Kier molecular flexibility index (Phi) is 3.05. The summed E-state index contributed by atoms with van der Waals surface area (Å²) in [5.74, 6) is -0.156. The van der Waals surface area contributed by atoms with Crippen LogP contribution in [-0.2, 0) is 0 Å². The second-order valence-electron chi connectivity index (χ2n) is 5.98. The van der Waals surface area contributed by atoms with Crippen molar-refractivity contribution in [3.8, 4) is 5.75 Å². The van der Waals surface area contributed by atoms with Crippen molar-refractivity contribution in [1.29, 1.82) is 0 Å². The van der Waals surface area contributed by atoms with E-state index in [1.807, 2.05) is 6.92 Å². The highest BCUT2D eigenvalue weighted by Gasteiger charge is 2.48. The number of hydrogen-bond acceptors (Lipinski definition) is 5. The zero-order valence-electron chi connectivity index (χ0n) is 13.5. The summed E-state index contributed by atoms with van der Waals surface area (Å²) >= 11 is 0. The quantitative estimate of drug-likeness (QED) is 0.504. The minimum atomic E-state index is -0.385. The van der Waals surface area contributed by atoms with Crippen LogP contribution < -0.4 is 10.5 Å². The number of nitrogens with zero attached hydrogens (tertiary/aromatic N) is 1. The summed E-state index contributed by atoms with van der Waals surface area (Å²) in [5.41, 5.74) is 3.49. The molecule has 2 aromatic carbocycles. The first-order valence-corrected chi connectivity index (χ1v) is 7.65. The number of fused-ring (bicyclic) bond motifs is 1. The summed E-state index contributed by atoms with van der Waals surface area (Å²) in [6, 6.07) is 10.1. The normalized spacial score (nSPS) is 13.6. The van der Waals surface area contributed by atoms with E-state index < -0.39 is 0 Å². The van der Waals surface area contributed by atoms with Gasteiger partial charge in [0.2, 0.25) is 0 Å². The maximum absolute atomic E-state index is 11.2. The second-order valence-corrected chi connectivity index (χ2v) is 5.98. The molecular formula is C19H13NO5. The van der Waals surface area contributed by atoms with Crippen molar-refractivity contribution in [2.45, 2.75) is 13.8 Å². The third-order valence-electron chi connectivity index (χ3n) is 4.47. The number of phenolic OH excluding ortho intramolecular Hbond substituents is 1. The Morgan fingerprint density at radius 3 is 2.44 bits per heavy atom. The number of imide groups is 1. The van der Waals surface area contributed by atoms with Gasteiger partial charge in [0.05, 0.1) is 16.8 Å². The lowest BCUT2D eigenvalue weighted by atomic mass is 10.1. The predicted octanol–water partition coefficient (Wildman–Crippen LogP) is 2.92. The number of aromatic hydroxyl groups is 1. The number of benzene rings is 2. The molecule has 3 aliphatic heterocycles. The van der Waals surface area contributed by atoms with E-state index in [1.54, 1.807) is 37.3 Å². The van der Waals surface area contributed by atoms with Crippen molar-refractivity contribution in [3.63, 3.8) is 0 Å². The lowest BCUT2D eigenvalue weighted by molar-refractivity contribution is 0.0912. The molecular weight excluding hydrogens is 322 g/mol. The van der Waals surface area contributed by atoms with Gasteiger partial charge in [-0.1, -0.05) is 6.07 Å². The Balaban J connectivity index is 0.000000128. The molecule has 6 nitrogen and oxygen atoms in total. The summed E-state index contributed by atoms with van der Waals surface area (Å²) < 4.78 is 5.04. The molecule has 0 unspecified atom stereocenters. The van der Waals surface area contributed by atoms with Crippen LogP contribution in [0.4, 0.5) is 5.69 Å². The van der Waals surface area contributed by atoms with Crippen molar-refractivity contribution < 1.29 is 19.1 Å². The van der Waals surface area contributed by atoms with Crippen molar-refractivity contribution >= 4 is 28.5 Å². The van der Waals surface area contributed by atoms with Gasteiger partial charge in [0.15, 0.2) is 0 Å². The Labute approximate surface area is 141 Å². The van der Waals surface area contributed by atoms with Crippen molar-refractivity contribution in [2.75, 3.05) is 4.90 Å². The van der Waals surface area contributed by atoms with Crippen LogP contribution in [0, 0.1) is 13.8 Å². The SMILES string of the molecule is Cc1cc(=O)oc2c(C)c(O)ccc12.O=C1c2cccc3c2C(=O)N13. The van der Waals surface area contributed by atoms with Crippen LogP contribution in [0.2, 0.25) is 0 Å². The number of carbonyl (C=O) groups is 2. The van der Waals surface area contributed by atoms with Gasteiger partial charge in [-0.05, 0) is 43.7 Å². The Hall–Kier alpha value is -3.41. The number of amides is 2. The average Bonchev–Trinajstić information content (AvgIpc) is 2.93. The minimum Gasteiger partial charge on any atom is -0.508 e. The highest BCUT2D eigenvalue weighted by Crippen LogP contribution is 2.43. The molecule has 1 aromatic heterocycles.